The molecular formula is C12H24N2O3S. The minimum atomic E-state index is -0.785. The molecule has 0 saturated carbocycles. The van der Waals surface area contributed by atoms with E-state index in [0.717, 1.165) is 5.75 Å². The number of rotatable bonds is 8. The molecule has 0 aromatic rings. The van der Waals surface area contributed by atoms with Crippen molar-refractivity contribution < 1.29 is 14.7 Å². The van der Waals surface area contributed by atoms with Gasteiger partial charge < -0.3 is 15.3 Å². The van der Waals surface area contributed by atoms with Crippen molar-refractivity contribution in [3.8, 4) is 0 Å². The van der Waals surface area contributed by atoms with Crippen LogP contribution in [0.3, 0.4) is 0 Å². The lowest BCUT2D eigenvalue weighted by molar-refractivity contribution is -0.141. The van der Waals surface area contributed by atoms with Gasteiger partial charge in [-0.25, -0.2) is 4.79 Å². The van der Waals surface area contributed by atoms with Crippen LogP contribution in [0, 0.1) is 5.92 Å². The van der Waals surface area contributed by atoms with E-state index in [1.54, 1.807) is 30.6 Å². The van der Waals surface area contributed by atoms with Crippen molar-refractivity contribution >= 4 is 23.8 Å². The van der Waals surface area contributed by atoms with Crippen molar-refractivity contribution in [3.05, 3.63) is 0 Å². The number of carbonyl (C=O) groups excluding carboxylic acids is 1. The van der Waals surface area contributed by atoms with Gasteiger partial charge in [-0.05, 0) is 26.0 Å². The Morgan fingerprint density at radius 1 is 1.39 bits per heavy atom. The van der Waals surface area contributed by atoms with E-state index in [1.807, 2.05) is 13.2 Å². The lowest BCUT2D eigenvalue weighted by Crippen LogP contribution is -2.43. The fraction of sp³-hybridized carbons (Fsp3) is 0.833. The predicted molar refractivity (Wildman–Crippen MR) is 75.0 cm³/mol. The second-order valence-corrected chi connectivity index (χ2v) is 5.44. The summed E-state index contributed by atoms with van der Waals surface area (Å²) in [7, 11) is 1.77. The highest BCUT2D eigenvalue weighted by Crippen LogP contribution is 2.05. The molecule has 5 nitrogen and oxygen atoms in total. The van der Waals surface area contributed by atoms with E-state index in [-0.39, 0.29) is 18.0 Å². The molecular weight excluding hydrogens is 252 g/mol. The lowest BCUT2D eigenvalue weighted by atomic mass is 10.1. The maximum absolute atomic E-state index is 11.7. The summed E-state index contributed by atoms with van der Waals surface area (Å²) >= 11 is 1.70. The van der Waals surface area contributed by atoms with Crippen molar-refractivity contribution in [2.45, 2.75) is 32.7 Å². The van der Waals surface area contributed by atoms with Crippen molar-refractivity contribution in [1.29, 1.82) is 0 Å². The first-order chi connectivity index (χ1) is 8.40. The fourth-order valence-corrected chi connectivity index (χ4v) is 2.11. The molecule has 0 radical (unpaired) electrons. The SMILES string of the molecule is CSCC(C)N(C)C(=O)NCCCC(C)C(=O)O. The van der Waals surface area contributed by atoms with Crippen LogP contribution in [0.15, 0.2) is 0 Å². The van der Waals surface area contributed by atoms with Gasteiger partial charge in [-0.1, -0.05) is 6.92 Å². The summed E-state index contributed by atoms with van der Waals surface area (Å²) in [4.78, 5) is 24.0. The average Bonchev–Trinajstić information content (AvgIpc) is 2.33. The number of aliphatic carboxylic acids is 1. The predicted octanol–water partition coefficient (Wildman–Crippen LogP) is 1.88. The number of carboxylic acids is 1. The third kappa shape index (κ3) is 6.74. The Kier molecular flexibility index (Phi) is 8.62. The van der Waals surface area contributed by atoms with Gasteiger partial charge in [-0.15, -0.1) is 0 Å². The summed E-state index contributed by atoms with van der Waals surface area (Å²) < 4.78 is 0. The molecule has 0 aromatic carbocycles. The minimum absolute atomic E-state index is 0.0977. The van der Waals surface area contributed by atoms with Gasteiger partial charge in [0, 0.05) is 25.4 Å². The quantitative estimate of drug-likeness (QED) is 0.664. The Hall–Kier alpha value is -0.910. The molecule has 6 heteroatoms. The number of hydrogen-bond acceptors (Lipinski definition) is 3. The third-order valence-electron chi connectivity index (χ3n) is 2.90. The number of nitrogens with zero attached hydrogens (tertiary/aromatic N) is 1. The summed E-state index contributed by atoms with van der Waals surface area (Å²) in [6.07, 6.45) is 3.28. The second-order valence-electron chi connectivity index (χ2n) is 4.53. The highest BCUT2D eigenvalue weighted by atomic mass is 32.2. The molecule has 18 heavy (non-hydrogen) atoms. The summed E-state index contributed by atoms with van der Waals surface area (Å²) in [6.45, 7) is 4.20. The van der Waals surface area contributed by atoms with E-state index in [2.05, 4.69) is 5.32 Å². The molecule has 0 aromatic heterocycles. The van der Waals surface area contributed by atoms with Gasteiger partial charge in [-0.2, -0.15) is 11.8 Å². The highest BCUT2D eigenvalue weighted by Gasteiger charge is 2.15. The average molecular weight is 276 g/mol. The number of nitrogens with one attached hydrogen (secondary N) is 1. The Bertz CT molecular complexity index is 274. The van der Waals surface area contributed by atoms with Crippen molar-refractivity contribution in [2.75, 3.05) is 25.6 Å². The van der Waals surface area contributed by atoms with Crippen LogP contribution >= 0.6 is 11.8 Å². The standard InChI is InChI=1S/C12H24N2O3S/c1-9(11(15)16)6-5-7-13-12(17)14(3)10(2)8-18-4/h9-10H,5-8H2,1-4H3,(H,13,17)(H,15,16). The number of carbonyl (C=O) groups is 2. The molecule has 0 spiro atoms. The topological polar surface area (TPSA) is 69.6 Å². The number of urea groups is 1. The zero-order valence-electron chi connectivity index (χ0n) is 11.6. The van der Waals surface area contributed by atoms with Crippen LogP contribution < -0.4 is 5.32 Å². The zero-order valence-corrected chi connectivity index (χ0v) is 12.4. The van der Waals surface area contributed by atoms with Gasteiger partial charge in [0.2, 0.25) is 0 Å². The van der Waals surface area contributed by atoms with Crippen LogP contribution in [0.5, 0.6) is 0 Å². The number of hydrogen-bond donors (Lipinski definition) is 2. The van der Waals surface area contributed by atoms with Crippen LogP contribution in [0.25, 0.3) is 0 Å². The van der Waals surface area contributed by atoms with Crippen molar-refractivity contribution in [3.63, 3.8) is 0 Å². The van der Waals surface area contributed by atoms with Gasteiger partial charge in [0.1, 0.15) is 0 Å². The molecule has 0 fully saturated rings. The van der Waals surface area contributed by atoms with Gasteiger partial charge in [0.05, 0.1) is 5.92 Å². The molecule has 2 N–H and O–H groups in total. The van der Waals surface area contributed by atoms with Crippen LogP contribution in [0.4, 0.5) is 4.79 Å². The minimum Gasteiger partial charge on any atom is -0.481 e. The van der Waals surface area contributed by atoms with Crippen LogP contribution in [-0.2, 0) is 4.79 Å². The van der Waals surface area contributed by atoms with Crippen LogP contribution in [0.1, 0.15) is 26.7 Å². The first-order valence-electron chi connectivity index (χ1n) is 6.12. The largest absolute Gasteiger partial charge is 0.481 e. The fourth-order valence-electron chi connectivity index (χ4n) is 1.40. The van der Waals surface area contributed by atoms with Crippen molar-refractivity contribution in [2.24, 2.45) is 5.92 Å². The summed E-state index contributed by atoms with van der Waals surface area (Å²) in [6, 6.07) is 0.0949. The Morgan fingerprint density at radius 2 is 2.00 bits per heavy atom. The number of amides is 2. The molecule has 0 rings (SSSR count). The van der Waals surface area contributed by atoms with E-state index in [4.69, 9.17) is 5.11 Å². The van der Waals surface area contributed by atoms with E-state index < -0.39 is 5.97 Å². The maximum Gasteiger partial charge on any atom is 0.317 e. The van der Waals surface area contributed by atoms with E-state index >= 15 is 0 Å². The molecule has 106 valence electrons. The molecule has 0 saturated heterocycles. The second kappa shape index (κ2) is 9.08. The van der Waals surface area contributed by atoms with Gasteiger partial charge >= 0.3 is 12.0 Å². The monoisotopic (exact) mass is 276 g/mol. The first kappa shape index (κ1) is 17.1. The van der Waals surface area contributed by atoms with Gasteiger partial charge in [0.25, 0.3) is 0 Å². The van der Waals surface area contributed by atoms with E-state index in [1.165, 1.54) is 0 Å². The molecule has 0 aliphatic carbocycles. The smallest absolute Gasteiger partial charge is 0.317 e. The lowest BCUT2D eigenvalue weighted by Gasteiger charge is -2.24. The van der Waals surface area contributed by atoms with Crippen LogP contribution in [0.2, 0.25) is 0 Å². The highest BCUT2D eigenvalue weighted by molar-refractivity contribution is 7.98. The van der Waals surface area contributed by atoms with Crippen LogP contribution in [-0.4, -0.2) is 53.6 Å². The van der Waals surface area contributed by atoms with Gasteiger partial charge in [-0.3, -0.25) is 4.79 Å². The third-order valence-corrected chi connectivity index (χ3v) is 3.72. The van der Waals surface area contributed by atoms with Crippen molar-refractivity contribution in [1.82, 2.24) is 10.2 Å². The number of thioether (sulfide) groups is 1. The number of carboxylic acid groups (broad SMARTS) is 1. The normalized spacial score (nSPS) is 13.8. The molecule has 0 aliphatic rings. The molecule has 0 aliphatic heterocycles. The Morgan fingerprint density at radius 3 is 2.50 bits per heavy atom. The Labute approximate surface area is 113 Å². The molecule has 2 unspecified atom stereocenters. The zero-order chi connectivity index (χ0) is 14.1. The van der Waals surface area contributed by atoms with E-state index in [9.17, 15) is 9.59 Å². The molecule has 2 atom stereocenters. The summed E-state index contributed by atoms with van der Waals surface area (Å²) in [5, 5.41) is 11.5. The first-order valence-corrected chi connectivity index (χ1v) is 7.52. The maximum atomic E-state index is 11.7. The summed E-state index contributed by atoms with van der Waals surface area (Å²) in [5.74, 6) is -0.234. The Balaban J connectivity index is 3.80. The molecule has 0 heterocycles. The van der Waals surface area contributed by atoms with Gasteiger partial charge in [0.15, 0.2) is 0 Å². The van der Waals surface area contributed by atoms with E-state index in [0.29, 0.717) is 19.4 Å². The summed E-state index contributed by atoms with van der Waals surface area (Å²) in [5.41, 5.74) is 0. The molecule has 0 bridgehead atoms. The molecule has 2 amide bonds.